The first-order valence-electron chi connectivity index (χ1n) is 5.36. The lowest BCUT2D eigenvalue weighted by atomic mass is 10.2. The van der Waals surface area contributed by atoms with E-state index in [2.05, 4.69) is 27.3 Å². The zero-order valence-electron chi connectivity index (χ0n) is 9.45. The second-order valence-electron chi connectivity index (χ2n) is 3.82. The van der Waals surface area contributed by atoms with E-state index in [0.29, 0.717) is 12.1 Å². The minimum absolute atomic E-state index is 0.249. The van der Waals surface area contributed by atoms with Crippen LogP contribution in [0.2, 0.25) is 0 Å². The molecule has 0 saturated carbocycles. The van der Waals surface area contributed by atoms with Crippen molar-refractivity contribution in [2.45, 2.75) is 6.54 Å². The summed E-state index contributed by atoms with van der Waals surface area (Å²) in [6, 6.07) is 13.9. The molecular weight excluding hydrogens is 295 g/mol. The minimum atomic E-state index is -0.249. The third-order valence-electron chi connectivity index (χ3n) is 2.41. The Kier molecular flexibility index (Phi) is 3.96. The maximum absolute atomic E-state index is 13.0. The van der Waals surface area contributed by atoms with Crippen molar-refractivity contribution in [2.24, 2.45) is 0 Å². The van der Waals surface area contributed by atoms with Crippen molar-refractivity contribution < 1.29 is 4.39 Å². The molecule has 18 heavy (non-hydrogen) atoms. The number of rotatable bonds is 3. The first-order chi connectivity index (χ1) is 8.67. The van der Waals surface area contributed by atoms with Crippen LogP contribution in [0.4, 0.5) is 10.1 Å². The van der Waals surface area contributed by atoms with Gasteiger partial charge >= 0.3 is 0 Å². The van der Waals surface area contributed by atoms with E-state index in [0.717, 1.165) is 15.7 Å². The van der Waals surface area contributed by atoms with Crippen molar-refractivity contribution in [1.82, 2.24) is 0 Å². The predicted octanol–water partition coefficient (Wildman–Crippen LogP) is 4.07. The summed E-state index contributed by atoms with van der Waals surface area (Å²) < 4.78 is 13.8. The highest BCUT2D eigenvalue weighted by molar-refractivity contribution is 9.10. The van der Waals surface area contributed by atoms with E-state index in [1.54, 1.807) is 18.2 Å². The third-order valence-corrected chi connectivity index (χ3v) is 2.87. The molecule has 2 aromatic rings. The number of halogens is 2. The highest BCUT2D eigenvalue weighted by Gasteiger charge is 2.00. The Labute approximate surface area is 113 Å². The largest absolute Gasteiger partial charge is 0.381 e. The fraction of sp³-hybridized carbons (Fsp3) is 0.0714. The molecule has 0 amide bonds. The van der Waals surface area contributed by atoms with Crippen LogP contribution in [0.3, 0.4) is 0 Å². The van der Waals surface area contributed by atoms with Gasteiger partial charge in [-0.05, 0) is 35.9 Å². The van der Waals surface area contributed by atoms with Crippen LogP contribution in [-0.4, -0.2) is 0 Å². The number of benzene rings is 2. The summed E-state index contributed by atoms with van der Waals surface area (Å²) in [6.45, 7) is 0.513. The molecule has 4 heteroatoms. The predicted molar refractivity (Wildman–Crippen MR) is 72.6 cm³/mol. The van der Waals surface area contributed by atoms with Crippen LogP contribution in [-0.2, 0) is 6.54 Å². The number of nitriles is 1. The van der Waals surface area contributed by atoms with Crippen LogP contribution in [0.5, 0.6) is 0 Å². The summed E-state index contributed by atoms with van der Waals surface area (Å²) in [5, 5.41) is 12.0. The number of hydrogen-bond acceptors (Lipinski definition) is 2. The molecule has 0 fully saturated rings. The van der Waals surface area contributed by atoms with Gasteiger partial charge in [0.05, 0.1) is 11.6 Å². The molecule has 0 unspecified atom stereocenters. The van der Waals surface area contributed by atoms with E-state index in [1.807, 2.05) is 12.1 Å². The van der Waals surface area contributed by atoms with Crippen LogP contribution >= 0.6 is 15.9 Å². The van der Waals surface area contributed by atoms with Crippen molar-refractivity contribution in [1.29, 1.82) is 5.26 Å². The number of nitrogens with one attached hydrogen (secondary N) is 1. The van der Waals surface area contributed by atoms with Crippen molar-refractivity contribution in [3.8, 4) is 6.07 Å². The summed E-state index contributed by atoms with van der Waals surface area (Å²) in [5.74, 6) is -0.249. The monoisotopic (exact) mass is 304 g/mol. The fourth-order valence-electron chi connectivity index (χ4n) is 1.61. The molecule has 2 nitrogen and oxygen atoms in total. The number of anilines is 1. The molecule has 0 heterocycles. The van der Waals surface area contributed by atoms with Gasteiger partial charge in [-0.3, -0.25) is 0 Å². The van der Waals surface area contributed by atoms with Gasteiger partial charge < -0.3 is 5.32 Å². The Morgan fingerprint density at radius 1 is 1.22 bits per heavy atom. The van der Waals surface area contributed by atoms with Gasteiger partial charge in [0.25, 0.3) is 0 Å². The zero-order chi connectivity index (χ0) is 13.0. The Morgan fingerprint density at radius 2 is 2.06 bits per heavy atom. The Balaban J connectivity index is 2.11. The molecule has 2 aromatic carbocycles. The van der Waals surface area contributed by atoms with E-state index < -0.39 is 0 Å². The summed E-state index contributed by atoms with van der Waals surface area (Å²) in [6.07, 6.45) is 0. The molecule has 0 radical (unpaired) electrons. The smallest absolute Gasteiger partial charge is 0.123 e. The van der Waals surface area contributed by atoms with Gasteiger partial charge in [-0.1, -0.05) is 28.1 Å². The van der Waals surface area contributed by atoms with E-state index in [-0.39, 0.29) is 5.82 Å². The van der Waals surface area contributed by atoms with E-state index >= 15 is 0 Å². The lowest BCUT2D eigenvalue weighted by molar-refractivity contribution is 0.626. The molecule has 0 saturated heterocycles. The van der Waals surface area contributed by atoms with Crippen LogP contribution in [0.15, 0.2) is 46.9 Å². The lowest BCUT2D eigenvalue weighted by Gasteiger charge is -2.07. The van der Waals surface area contributed by atoms with Gasteiger partial charge in [0.2, 0.25) is 0 Å². The minimum Gasteiger partial charge on any atom is -0.381 e. The second-order valence-corrected chi connectivity index (χ2v) is 4.74. The van der Waals surface area contributed by atoms with Crippen LogP contribution in [0.1, 0.15) is 11.1 Å². The second kappa shape index (κ2) is 5.65. The van der Waals surface area contributed by atoms with E-state index in [9.17, 15) is 4.39 Å². The van der Waals surface area contributed by atoms with Gasteiger partial charge in [-0.2, -0.15) is 5.26 Å². The number of hydrogen-bond donors (Lipinski definition) is 1. The highest BCUT2D eigenvalue weighted by atomic mass is 79.9. The normalized spacial score (nSPS) is 9.83. The SMILES string of the molecule is N#Cc1cc(Br)cc(NCc2cccc(F)c2)c1. The van der Waals surface area contributed by atoms with E-state index in [1.165, 1.54) is 12.1 Å². The summed E-state index contributed by atoms with van der Waals surface area (Å²) in [4.78, 5) is 0. The quantitative estimate of drug-likeness (QED) is 0.927. The van der Waals surface area contributed by atoms with Gasteiger partial charge in [0, 0.05) is 16.7 Å². The first kappa shape index (κ1) is 12.6. The summed E-state index contributed by atoms with van der Waals surface area (Å²) in [5.41, 5.74) is 2.25. The molecular formula is C14H10BrFN2. The van der Waals surface area contributed by atoms with Gasteiger partial charge in [0.1, 0.15) is 5.82 Å². The van der Waals surface area contributed by atoms with Gasteiger partial charge in [-0.25, -0.2) is 4.39 Å². The molecule has 2 rings (SSSR count). The van der Waals surface area contributed by atoms with Crippen molar-refractivity contribution in [2.75, 3.05) is 5.32 Å². The molecule has 0 aromatic heterocycles. The molecule has 0 bridgehead atoms. The molecule has 0 aliphatic rings. The molecule has 0 aliphatic carbocycles. The average molecular weight is 305 g/mol. The van der Waals surface area contributed by atoms with Gasteiger partial charge in [0.15, 0.2) is 0 Å². The molecule has 90 valence electrons. The Bertz CT molecular complexity index is 605. The maximum atomic E-state index is 13.0. The van der Waals surface area contributed by atoms with Crippen LogP contribution < -0.4 is 5.32 Å². The first-order valence-corrected chi connectivity index (χ1v) is 6.16. The Morgan fingerprint density at radius 3 is 2.78 bits per heavy atom. The average Bonchev–Trinajstić information content (AvgIpc) is 2.36. The zero-order valence-corrected chi connectivity index (χ0v) is 11.0. The lowest BCUT2D eigenvalue weighted by Crippen LogP contribution is -2.00. The number of nitrogens with zero attached hydrogens (tertiary/aromatic N) is 1. The van der Waals surface area contributed by atoms with Crippen molar-refractivity contribution in [3.63, 3.8) is 0 Å². The van der Waals surface area contributed by atoms with Crippen LogP contribution in [0.25, 0.3) is 0 Å². The van der Waals surface area contributed by atoms with Crippen LogP contribution in [0, 0.1) is 17.1 Å². The van der Waals surface area contributed by atoms with Crippen molar-refractivity contribution in [3.05, 3.63) is 63.9 Å². The standard InChI is InChI=1S/C14H10BrFN2/c15-12-4-11(8-17)6-14(7-12)18-9-10-2-1-3-13(16)5-10/h1-7,18H,9H2. The molecule has 0 spiro atoms. The van der Waals surface area contributed by atoms with Gasteiger partial charge in [-0.15, -0.1) is 0 Å². The fourth-order valence-corrected chi connectivity index (χ4v) is 2.10. The molecule has 1 N–H and O–H groups in total. The van der Waals surface area contributed by atoms with E-state index in [4.69, 9.17) is 5.26 Å². The topological polar surface area (TPSA) is 35.8 Å². The molecule has 0 aliphatic heterocycles. The summed E-state index contributed by atoms with van der Waals surface area (Å²) >= 11 is 3.34. The Hall–Kier alpha value is -1.86. The molecule has 0 atom stereocenters. The highest BCUT2D eigenvalue weighted by Crippen LogP contribution is 2.19. The van der Waals surface area contributed by atoms with Crippen molar-refractivity contribution >= 4 is 21.6 Å². The third kappa shape index (κ3) is 3.31. The summed E-state index contributed by atoms with van der Waals surface area (Å²) in [7, 11) is 0. The maximum Gasteiger partial charge on any atom is 0.123 e.